The SMILES string of the molecule is C#CC1(NCCC(COc2cc(F)cc(F)c2)NC(=O)c2cc(NCC3CC3C)nc(N(C)S(C)(=O)=O)c2)CCCCC1. The second-order valence-electron chi connectivity index (χ2n) is 11.8. The topological polar surface area (TPSA) is 113 Å². The molecule has 0 bridgehead atoms. The Hall–Kier alpha value is -3.43. The average Bonchev–Trinajstić information content (AvgIpc) is 3.68. The summed E-state index contributed by atoms with van der Waals surface area (Å²) in [6.45, 7) is 3.22. The van der Waals surface area contributed by atoms with Gasteiger partial charge in [0.15, 0.2) is 0 Å². The van der Waals surface area contributed by atoms with Crippen molar-refractivity contribution in [3.63, 3.8) is 0 Å². The van der Waals surface area contributed by atoms with Crippen molar-refractivity contribution in [1.29, 1.82) is 0 Å². The summed E-state index contributed by atoms with van der Waals surface area (Å²) >= 11 is 0. The molecule has 2 fully saturated rings. The van der Waals surface area contributed by atoms with E-state index in [1.165, 1.54) is 13.1 Å². The zero-order valence-corrected chi connectivity index (χ0v) is 25.8. The van der Waals surface area contributed by atoms with Gasteiger partial charge in [-0.05, 0) is 56.2 Å². The Morgan fingerprint density at radius 3 is 2.47 bits per heavy atom. The molecule has 9 nitrogen and oxygen atoms in total. The maximum atomic E-state index is 13.8. The molecule has 3 unspecified atom stereocenters. The second-order valence-corrected chi connectivity index (χ2v) is 13.8. The van der Waals surface area contributed by atoms with Gasteiger partial charge < -0.3 is 20.7 Å². The molecule has 0 saturated heterocycles. The highest BCUT2D eigenvalue weighted by Gasteiger charge is 2.32. The molecule has 0 spiro atoms. The number of rotatable bonds is 14. The van der Waals surface area contributed by atoms with Crippen LogP contribution in [0.15, 0.2) is 30.3 Å². The fourth-order valence-corrected chi connectivity index (χ4v) is 5.71. The van der Waals surface area contributed by atoms with Crippen LogP contribution in [0.1, 0.15) is 62.2 Å². The smallest absolute Gasteiger partial charge is 0.251 e. The van der Waals surface area contributed by atoms with Crippen LogP contribution in [0.25, 0.3) is 0 Å². The molecule has 1 aromatic carbocycles. The number of terminal acetylenes is 1. The van der Waals surface area contributed by atoms with E-state index in [4.69, 9.17) is 11.2 Å². The van der Waals surface area contributed by atoms with Crippen molar-refractivity contribution in [3.05, 3.63) is 47.5 Å². The van der Waals surface area contributed by atoms with E-state index in [1.807, 2.05) is 0 Å². The molecule has 12 heteroatoms. The lowest BCUT2D eigenvalue weighted by atomic mass is 9.82. The van der Waals surface area contributed by atoms with E-state index in [0.717, 1.165) is 67.3 Å². The summed E-state index contributed by atoms with van der Waals surface area (Å²) in [6.07, 6.45) is 13.4. The molecule has 3 N–H and O–H groups in total. The molecule has 2 aliphatic rings. The first-order valence-electron chi connectivity index (χ1n) is 14.7. The lowest BCUT2D eigenvalue weighted by Crippen LogP contribution is -2.48. The first-order valence-corrected chi connectivity index (χ1v) is 16.5. The van der Waals surface area contributed by atoms with Crippen molar-refractivity contribution in [1.82, 2.24) is 15.6 Å². The van der Waals surface area contributed by atoms with Gasteiger partial charge in [0.1, 0.15) is 35.6 Å². The van der Waals surface area contributed by atoms with Crippen LogP contribution in [0.5, 0.6) is 5.75 Å². The molecular formula is C31H41F2N5O4S. The van der Waals surface area contributed by atoms with Crippen LogP contribution in [0.3, 0.4) is 0 Å². The number of pyridine rings is 1. The van der Waals surface area contributed by atoms with E-state index < -0.39 is 39.1 Å². The number of ether oxygens (including phenoxy) is 1. The van der Waals surface area contributed by atoms with E-state index in [9.17, 15) is 22.0 Å². The second kappa shape index (κ2) is 13.9. The van der Waals surface area contributed by atoms with Gasteiger partial charge in [0.2, 0.25) is 10.0 Å². The van der Waals surface area contributed by atoms with Gasteiger partial charge in [0, 0.05) is 37.4 Å². The first kappa shape index (κ1) is 32.5. The summed E-state index contributed by atoms with van der Waals surface area (Å²) in [7, 11) is -2.26. The number of amides is 1. The first-order chi connectivity index (χ1) is 20.4. The van der Waals surface area contributed by atoms with Crippen molar-refractivity contribution >= 4 is 27.6 Å². The number of benzene rings is 1. The summed E-state index contributed by atoms with van der Waals surface area (Å²) in [5.41, 5.74) is -0.205. The Labute approximate surface area is 253 Å². The number of carbonyl (C=O) groups excluding carboxylic acids is 1. The minimum absolute atomic E-state index is 0.00107. The van der Waals surface area contributed by atoms with Crippen molar-refractivity contribution in [2.24, 2.45) is 11.8 Å². The summed E-state index contributed by atoms with van der Waals surface area (Å²) in [5, 5.41) is 9.66. The summed E-state index contributed by atoms with van der Waals surface area (Å²) in [4.78, 5) is 18.0. The summed E-state index contributed by atoms with van der Waals surface area (Å²) in [5.74, 6) is 2.46. The number of hydrogen-bond acceptors (Lipinski definition) is 7. The van der Waals surface area contributed by atoms with E-state index in [2.05, 4.69) is 33.8 Å². The van der Waals surface area contributed by atoms with Crippen LogP contribution in [-0.2, 0) is 10.0 Å². The molecule has 2 aliphatic carbocycles. The minimum atomic E-state index is -3.64. The number of nitrogens with one attached hydrogen (secondary N) is 3. The quantitative estimate of drug-likeness (QED) is 0.271. The molecule has 43 heavy (non-hydrogen) atoms. The molecule has 2 saturated carbocycles. The van der Waals surface area contributed by atoms with Crippen molar-refractivity contribution < 1.29 is 26.7 Å². The molecule has 1 amide bonds. The van der Waals surface area contributed by atoms with Crippen LogP contribution in [-0.4, -0.2) is 63.9 Å². The van der Waals surface area contributed by atoms with Crippen LogP contribution >= 0.6 is 0 Å². The fraction of sp³-hybridized carbons (Fsp3) is 0.548. The maximum Gasteiger partial charge on any atom is 0.251 e. The van der Waals surface area contributed by atoms with Crippen molar-refractivity contribution in [3.8, 4) is 18.1 Å². The van der Waals surface area contributed by atoms with Crippen molar-refractivity contribution in [2.75, 3.05) is 42.6 Å². The monoisotopic (exact) mass is 617 g/mol. The molecule has 4 rings (SSSR count). The Bertz CT molecular complexity index is 1420. The molecule has 0 radical (unpaired) electrons. The zero-order chi connectivity index (χ0) is 31.2. The number of aromatic nitrogens is 1. The fourth-order valence-electron chi connectivity index (χ4n) is 5.28. The Morgan fingerprint density at radius 1 is 1.19 bits per heavy atom. The number of sulfonamides is 1. The van der Waals surface area contributed by atoms with Crippen LogP contribution in [0.4, 0.5) is 20.4 Å². The molecule has 1 heterocycles. The number of carbonyl (C=O) groups is 1. The van der Waals surface area contributed by atoms with E-state index in [-0.39, 0.29) is 23.7 Å². The predicted molar refractivity (Wildman–Crippen MR) is 164 cm³/mol. The van der Waals surface area contributed by atoms with Crippen LogP contribution in [0.2, 0.25) is 0 Å². The van der Waals surface area contributed by atoms with Crippen molar-refractivity contribution in [2.45, 2.75) is 63.5 Å². The molecule has 234 valence electrons. The molecule has 3 atom stereocenters. The summed E-state index contributed by atoms with van der Waals surface area (Å²) < 4.78 is 58.8. The highest BCUT2D eigenvalue weighted by molar-refractivity contribution is 7.92. The highest BCUT2D eigenvalue weighted by atomic mass is 32.2. The number of halogens is 2. The summed E-state index contributed by atoms with van der Waals surface area (Å²) in [6, 6.07) is 5.32. The lowest BCUT2D eigenvalue weighted by molar-refractivity contribution is 0.0917. The Balaban J connectivity index is 1.52. The Morgan fingerprint density at radius 2 is 1.86 bits per heavy atom. The van der Waals surface area contributed by atoms with Gasteiger partial charge in [-0.25, -0.2) is 22.2 Å². The van der Waals surface area contributed by atoms with Gasteiger partial charge in [0.25, 0.3) is 5.91 Å². The number of nitrogens with zero attached hydrogens (tertiary/aromatic N) is 2. The van der Waals surface area contributed by atoms with Gasteiger partial charge in [0.05, 0.1) is 17.8 Å². The van der Waals surface area contributed by atoms with Gasteiger partial charge >= 0.3 is 0 Å². The van der Waals surface area contributed by atoms with Gasteiger partial charge in [-0.1, -0.05) is 32.1 Å². The minimum Gasteiger partial charge on any atom is -0.491 e. The maximum absolute atomic E-state index is 13.8. The standard InChI is InChI=1S/C31H41F2N5O4S/c1-5-31(10-7-6-8-11-31)35-12-9-26(20-42-27-17-24(32)16-25(33)18-27)36-30(39)22-14-28(34-19-23-13-21(23)2)37-29(15-22)38(3)43(4,40)41/h1,14-18,21,23,26,35H,6-13,19-20H2,2-4H3,(H,34,37)(H,36,39). The normalized spacial score (nSPS) is 20.0. The van der Waals surface area contributed by atoms with E-state index >= 15 is 0 Å². The van der Waals surface area contributed by atoms with Crippen LogP contribution < -0.4 is 25.0 Å². The lowest BCUT2D eigenvalue weighted by Gasteiger charge is -2.34. The largest absolute Gasteiger partial charge is 0.491 e. The van der Waals surface area contributed by atoms with E-state index in [0.29, 0.717) is 37.2 Å². The third-order valence-electron chi connectivity index (χ3n) is 8.28. The third-order valence-corrected chi connectivity index (χ3v) is 9.46. The number of hydrogen-bond donors (Lipinski definition) is 3. The van der Waals surface area contributed by atoms with Gasteiger partial charge in [-0.15, -0.1) is 6.42 Å². The highest BCUT2D eigenvalue weighted by Crippen LogP contribution is 2.37. The molecule has 1 aromatic heterocycles. The van der Waals surface area contributed by atoms with Gasteiger partial charge in [-0.3, -0.25) is 9.10 Å². The van der Waals surface area contributed by atoms with E-state index in [1.54, 1.807) is 6.07 Å². The van der Waals surface area contributed by atoms with Crippen LogP contribution in [0, 0.1) is 35.8 Å². The number of anilines is 2. The molecular weight excluding hydrogens is 576 g/mol. The third kappa shape index (κ3) is 9.28. The zero-order valence-electron chi connectivity index (χ0n) is 25.0. The predicted octanol–water partition coefficient (Wildman–Crippen LogP) is 4.32. The Kier molecular flexibility index (Phi) is 10.5. The average molecular weight is 618 g/mol. The molecule has 0 aliphatic heterocycles. The molecule has 2 aromatic rings. The van der Waals surface area contributed by atoms with Gasteiger partial charge in [-0.2, -0.15) is 0 Å².